The molecule has 0 heterocycles. The zero-order chi connectivity index (χ0) is 21.5. The fourth-order valence-corrected chi connectivity index (χ4v) is 2.17. The third kappa shape index (κ3) is 11.2. The second-order valence-corrected chi connectivity index (χ2v) is 6.48. The van der Waals surface area contributed by atoms with E-state index in [0.717, 1.165) is 31.4 Å². The summed E-state index contributed by atoms with van der Waals surface area (Å²) in [7, 11) is 0. The minimum absolute atomic E-state index is 0.270. The number of ether oxygens (including phenoxy) is 2. The number of nitrogens with zero attached hydrogens (tertiary/aromatic N) is 1. The number of rotatable bonds is 10. The highest BCUT2D eigenvalue weighted by Gasteiger charge is 2.01. The second-order valence-electron chi connectivity index (χ2n) is 6.48. The van der Waals surface area contributed by atoms with Crippen LogP contribution >= 0.6 is 0 Å². The Morgan fingerprint density at radius 2 is 1.69 bits per heavy atom. The highest BCUT2D eigenvalue weighted by molar-refractivity contribution is 5.87. The Morgan fingerprint density at radius 1 is 1.07 bits per heavy atom. The molecule has 0 atom stereocenters. The normalized spacial score (nSPS) is 9.66. The number of anilines is 1. The molecule has 2 aromatic rings. The van der Waals surface area contributed by atoms with Gasteiger partial charge in [-0.15, -0.1) is 0 Å². The van der Waals surface area contributed by atoms with Crippen molar-refractivity contribution in [1.82, 2.24) is 0 Å². The van der Waals surface area contributed by atoms with E-state index in [0.29, 0.717) is 30.2 Å². The minimum atomic E-state index is -0.925. The van der Waals surface area contributed by atoms with Crippen molar-refractivity contribution in [3.05, 3.63) is 71.8 Å². The lowest BCUT2D eigenvalue weighted by atomic mass is 10.2. The standard InChI is InChI=1S/C16H22O4.C7H6N2/c1-13(2)12-19-10-4-3-5-11-20-15-8-6-14(7-9-15)16(17)18;8-5-6-1-3-7(9)4-2-6/h6-9H,1,3-5,10-12H2,2H3,(H,17,18);1-4H,9H2. The zero-order valence-electron chi connectivity index (χ0n) is 16.8. The molecule has 2 aromatic carbocycles. The summed E-state index contributed by atoms with van der Waals surface area (Å²) >= 11 is 0. The molecule has 154 valence electrons. The first-order chi connectivity index (χ1) is 13.9. The highest BCUT2D eigenvalue weighted by atomic mass is 16.5. The number of carboxylic acid groups (broad SMARTS) is 1. The molecule has 6 heteroatoms. The summed E-state index contributed by atoms with van der Waals surface area (Å²) in [5.41, 5.74) is 8.01. The third-order valence-corrected chi connectivity index (χ3v) is 3.69. The maximum Gasteiger partial charge on any atom is 0.335 e. The molecule has 2 rings (SSSR count). The maximum atomic E-state index is 10.7. The molecule has 0 saturated carbocycles. The molecule has 0 aromatic heterocycles. The van der Waals surface area contributed by atoms with Crippen molar-refractivity contribution in [3.63, 3.8) is 0 Å². The first kappa shape index (κ1) is 23.7. The van der Waals surface area contributed by atoms with Crippen LogP contribution in [0.4, 0.5) is 5.69 Å². The number of benzene rings is 2. The van der Waals surface area contributed by atoms with Gasteiger partial charge in [0, 0.05) is 12.3 Å². The van der Waals surface area contributed by atoms with Crippen molar-refractivity contribution >= 4 is 11.7 Å². The Balaban J connectivity index is 0.000000387. The monoisotopic (exact) mass is 396 g/mol. The summed E-state index contributed by atoms with van der Waals surface area (Å²) in [6.45, 7) is 7.73. The molecule has 3 N–H and O–H groups in total. The minimum Gasteiger partial charge on any atom is -0.494 e. The Bertz CT molecular complexity index is 793. The van der Waals surface area contributed by atoms with E-state index in [9.17, 15) is 4.79 Å². The summed E-state index contributed by atoms with van der Waals surface area (Å²) in [5, 5.41) is 17.1. The molecule has 0 bridgehead atoms. The van der Waals surface area contributed by atoms with E-state index in [1.54, 1.807) is 48.5 Å². The first-order valence-corrected chi connectivity index (χ1v) is 9.36. The lowest BCUT2D eigenvalue weighted by Gasteiger charge is -2.07. The van der Waals surface area contributed by atoms with Gasteiger partial charge >= 0.3 is 5.97 Å². The average molecular weight is 396 g/mol. The van der Waals surface area contributed by atoms with Crippen molar-refractivity contribution in [2.75, 3.05) is 25.6 Å². The van der Waals surface area contributed by atoms with E-state index in [-0.39, 0.29) is 5.56 Å². The van der Waals surface area contributed by atoms with E-state index < -0.39 is 5.97 Å². The number of hydrogen-bond donors (Lipinski definition) is 2. The van der Waals surface area contributed by atoms with Gasteiger partial charge in [0.15, 0.2) is 0 Å². The quantitative estimate of drug-likeness (QED) is 0.343. The van der Waals surface area contributed by atoms with E-state index in [2.05, 4.69) is 6.58 Å². The Labute approximate surface area is 172 Å². The van der Waals surface area contributed by atoms with E-state index in [4.69, 9.17) is 25.6 Å². The molecule has 0 amide bonds. The Hall–Kier alpha value is -3.30. The number of unbranched alkanes of at least 4 members (excludes halogenated alkanes) is 2. The van der Waals surface area contributed by atoms with E-state index in [1.165, 1.54) is 0 Å². The predicted molar refractivity (Wildman–Crippen MR) is 114 cm³/mol. The fourth-order valence-electron chi connectivity index (χ4n) is 2.17. The number of carbonyl (C=O) groups is 1. The van der Waals surface area contributed by atoms with Gasteiger partial charge in [0.1, 0.15) is 5.75 Å². The number of aromatic carboxylic acids is 1. The topological polar surface area (TPSA) is 106 Å². The van der Waals surface area contributed by atoms with Crippen LogP contribution in [-0.2, 0) is 4.74 Å². The first-order valence-electron chi connectivity index (χ1n) is 9.36. The number of carboxylic acids is 1. The lowest BCUT2D eigenvalue weighted by Crippen LogP contribution is -2.01. The molecule has 0 unspecified atom stereocenters. The summed E-state index contributed by atoms with van der Waals surface area (Å²) in [6.07, 6.45) is 3.01. The molecule has 0 radical (unpaired) electrons. The summed E-state index contributed by atoms with van der Waals surface area (Å²) in [6, 6.07) is 15.2. The van der Waals surface area contributed by atoms with Crippen LogP contribution in [0.25, 0.3) is 0 Å². The van der Waals surface area contributed by atoms with Crippen LogP contribution in [0.2, 0.25) is 0 Å². The third-order valence-electron chi connectivity index (χ3n) is 3.69. The van der Waals surface area contributed by atoms with Crippen LogP contribution in [0.1, 0.15) is 42.1 Å². The molecule has 0 aliphatic heterocycles. The fraction of sp³-hybridized carbons (Fsp3) is 0.304. The van der Waals surface area contributed by atoms with Gasteiger partial charge in [-0.3, -0.25) is 0 Å². The molecular weight excluding hydrogens is 368 g/mol. The van der Waals surface area contributed by atoms with Gasteiger partial charge in [-0.25, -0.2) is 4.79 Å². The Morgan fingerprint density at radius 3 is 2.24 bits per heavy atom. The smallest absolute Gasteiger partial charge is 0.335 e. The zero-order valence-corrected chi connectivity index (χ0v) is 16.8. The van der Waals surface area contributed by atoms with Crippen molar-refractivity contribution < 1.29 is 19.4 Å². The summed E-state index contributed by atoms with van der Waals surface area (Å²) in [4.78, 5) is 10.7. The molecule has 29 heavy (non-hydrogen) atoms. The number of nitrogens with two attached hydrogens (primary N) is 1. The largest absolute Gasteiger partial charge is 0.494 e. The van der Waals surface area contributed by atoms with Gasteiger partial charge < -0.3 is 20.3 Å². The molecule has 6 nitrogen and oxygen atoms in total. The highest BCUT2D eigenvalue weighted by Crippen LogP contribution is 2.13. The van der Waals surface area contributed by atoms with Gasteiger partial charge in [0.05, 0.1) is 30.4 Å². The summed E-state index contributed by atoms with van der Waals surface area (Å²) in [5.74, 6) is -0.222. The van der Waals surface area contributed by atoms with Crippen LogP contribution in [-0.4, -0.2) is 30.9 Å². The SMILES string of the molecule is C=C(C)COCCCCCOc1ccc(C(=O)O)cc1.N#Cc1ccc(N)cc1. The van der Waals surface area contributed by atoms with Crippen molar-refractivity contribution in [2.24, 2.45) is 0 Å². The maximum absolute atomic E-state index is 10.7. The van der Waals surface area contributed by atoms with Gasteiger partial charge in [-0.1, -0.05) is 12.2 Å². The van der Waals surface area contributed by atoms with Crippen LogP contribution in [0.15, 0.2) is 60.7 Å². The van der Waals surface area contributed by atoms with Crippen LogP contribution in [0.5, 0.6) is 5.75 Å². The van der Waals surface area contributed by atoms with E-state index >= 15 is 0 Å². The molecule has 0 spiro atoms. The van der Waals surface area contributed by atoms with Crippen LogP contribution in [0, 0.1) is 11.3 Å². The molecule has 0 fully saturated rings. The Kier molecular flexibility index (Phi) is 11.3. The molecule has 0 saturated heterocycles. The lowest BCUT2D eigenvalue weighted by molar-refractivity contribution is 0.0697. The van der Waals surface area contributed by atoms with Crippen molar-refractivity contribution in [2.45, 2.75) is 26.2 Å². The van der Waals surface area contributed by atoms with Crippen LogP contribution < -0.4 is 10.5 Å². The van der Waals surface area contributed by atoms with Gasteiger partial charge in [-0.2, -0.15) is 5.26 Å². The molecule has 0 aliphatic carbocycles. The number of hydrogen-bond acceptors (Lipinski definition) is 5. The molecule has 0 aliphatic rings. The van der Waals surface area contributed by atoms with Crippen molar-refractivity contribution in [3.8, 4) is 11.8 Å². The van der Waals surface area contributed by atoms with Crippen LogP contribution in [0.3, 0.4) is 0 Å². The second kappa shape index (κ2) is 13.8. The average Bonchev–Trinajstić information content (AvgIpc) is 2.71. The summed E-state index contributed by atoms with van der Waals surface area (Å²) < 4.78 is 10.9. The molecular formula is C23H28N2O4. The van der Waals surface area contributed by atoms with Gasteiger partial charge in [-0.05, 0) is 74.7 Å². The predicted octanol–water partition coefficient (Wildman–Crippen LogP) is 4.67. The van der Waals surface area contributed by atoms with Gasteiger partial charge in [0.2, 0.25) is 0 Å². The van der Waals surface area contributed by atoms with Crippen molar-refractivity contribution in [1.29, 1.82) is 5.26 Å². The van der Waals surface area contributed by atoms with E-state index in [1.807, 2.05) is 13.0 Å². The van der Waals surface area contributed by atoms with Gasteiger partial charge in [0.25, 0.3) is 0 Å². The number of nitriles is 1. The number of nitrogen functional groups attached to an aromatic ring is 1.